The number of para-hydroxylation sites is 1. The number of aryl methyl sites for hydroxylation is 2. The third-order valence-corrected chi connectivity index (χ3v) is 5.54. The van der Waals surface area contributed by atoms with Crippen LogP contribution in [0.2, 0.25) is 0 Å². The number of carbonyl (C=O) groups excluding carboxylic acids is 2. The molecule has 1 aliphatic heterocycles. The lowest BCUT2D eigenvalue weighted by molar-refractivity contribution is -0.117. The lowest BCUT2D eigenvalue weighted by atomic mass is 10.1. The predicted octanol–water partition coefficient (Wildman–Crippen LogP) is 3.28. The second-order valence-electron chi connectivity index (χ2n) is 7.75. The molecule has 7 nitrogen and oxygen atoms in total. The van der Waals surface area contributed by atoms with Gasteiger partial charge in [-0.2, -0.15) is 0 Å². The van der Waals surface area contributed by atoms with E-state index in [1.807, 2.05) is 25.1 Å². The maximum Gasteiger partial charge on any atom is 0.339 e. The van der Waals surface area contributed by atoms with E-state index in [0.29, 0.717) is 18.7 Å². The molecule has 0 aliphatic carbocycles. The molecule has 0 saturated carbocycles. The molecule has 0 radical (unpaired) electrons. The van der Waals surface area contributed by atoms with E-state index >= 15 is 0 Å². The summed E-state index contributed by atoms with van der Waals surface area (Å²) in [7, 11) is 0. The number of carbonyl (C=O) groups is 2. The van der Waals surface area contributed by atoms with E-state index in [4.69, 9.17) is 4.74 Å². The highest BCUT2D eigenvalue weighted by atomic mass is 16.5. The molecule has 0 bridgehead atoms. The van der Waals surface area contributed by atoms with Gasteiger partial charge in [-0.3, -0.25) is 9.69 Å². The second kappa shape index (κ2) is 10.9. The highest BCUT2D eigenvalue weighted by molar-refractivity contribution is 5.93. The molecule has 1 aliphatic rings. The average molecular weight is 425 g/mol. The van der Waals surface area contributed by atoms with E-state index in [0.717, 1.165) is 61.7 Å². The van der Waals surface area contributed by atoms with Crippen molar-refractivity contribution >= 4 is 23.4 Å². The van der Waals surface area contributed by atoms with E-state index in [9.17, 15) is 9.59 Å². The zero-order valence-corrected chi connectivity index (χ0v) is 18.7. The summed E-state index contributed by atoms with van der Waals surface area (Å²) in [5, 5.41) is 3.12. The number of hydrogen-bond donors (Lipinski definition) is 1. The zero-order chi connectivity index (χ0) is 22.2. The molecule has 1 fully saturated rings. The molecule has 2 heterocycles. The smallest absolute Gasteiger partial charge is 0.339 e. The van der Waals surface area contributed by atoms with Gasteiger partial charge in [-0.15, -0.1) is 0 Å². The summed E-state index contributed by atoms with van der Waals surface area (Å²) >= 11 is 0. The molecule has 1 aromatic heterocycles. The molecule has 2 aromatic rings. The van der Waals surface area contributed by atoms with Gasteiger partial charge in [0, 0.05) is 38.1 Å². The number of rotatable bonds is 7. The summed E-state index contributed by atoms with van der Waals surface area (Å²) in [4.78, 5) is 33.3. The normalized spacial score (nSPS) is 14.7. The molecule has 1 saturated heterocycles. The molecular formula is C24H32N4O3. The number of benzene rings is 1. The minimum absolute atomic E-state index is 0.0226. The number of anilines is 2. The molecule has 1 N–H and O–H groups in total. The average Bonchev–Trinajstić information content (AvgIpc) is 3.01. The van der Waals surface area contributed by atoms with Gasteiger partial charge in [0.2, 0.25) is 5.91 Å². The van der Waals surface area contributed by atoms with Crippen LogP contribution in [0.5, 0.6) is 0 Å². The minimum Gasteiger partial charge on any atom is -0.462 e. The third-order valence-electron chi connectivity index (χ3n) is 5.54. The number of pyridine rings is 1. The Labute approximate surface area is 184 Å². The summed E-state index contributed by atoms with van der Waals surface area (Å²) in [6.45, 7) is 9.92. The summed E-state index contributed by atoms with van der Waals surface area (Å²) in [5.41, 5.74) is 3.65. The van der Waals surface area contributed by atoms with Crippen molar-refractivity contribution in [3.63, 3.8) is 0 Å². The number of aromatic nitrogens is 1. The number of amides is 1. The number of nitrogens with zero attached hydrogens (tertiary/aromatic N) is 3. The molecule has 0 atom stereocenters. The molecule has 31 heavy (non-hydrogen) atoms. The first-order valence-corrected chi connectivity index (χ1v) is 11.0. The number of ether oxygens (including phenoxy) is 1. The fourth-order valence-electron chi connectivity index (χ4n) is 3.85. The van der Waals surface area contributed by atoms with Gasteiger partial charge in [-0.1, -0.05) is 25.1 Å². The Morgan fingerprint density at radius 1 is 1.10 bits per heavy atom. The Morgan fingerprint density at radius 3 is 2.65 bits per heavy atom. The van der Waals surface area contributed by atoms with Crippen molar-refractivity contribution < 1.29 is 14.3 Å². The minimum atomic E-state index is -0.352. The first kappa shape index (κ1) is 22.7. The highest BCUT2D eigenvalue weighted by Crippen LogP contribution is 2.21. The largest absolute Gasteiger partial charge is 0.462 e. The van der Waals surface area contributed by atoms with Crippen molar-refractivity contribution in [1.29, 1.82) is 0 Å². The lowest BCUT2D eigenvalue weighted by Gasteiger charge is -2.23. The van der Waals surface area contributed by atoms with E-state index < -0.39 is 0 Å². The van der Waals surface area contributed by atoms with E-state index in [-0.39, 0.29) is 11.9 Å². The molecule has 7 heteroatoms. The maximum atomic E-state index is 12.7. The van der Waals surface area contributed by atoms with Crippen molar-refractivity contribution in [1.82, 2.24) is 9.88 Å². The summed E-state index contributed by atoms with van der Waals surface area (Å²) < 4.78 is 5.01. The van der Waals surface area contributed by atoms with Crippen molar-refractivity contribution in [2.24, 2.45) is 0 Å². The Hall–Kier alpha value is -2.93. The fourth-order valence-corrected chi connectivity index (χ4v) is 3.85. The van der Waals surface area contributed by atoms with Crippen LogP contribution in [0.4, 0.5) is 11.5 Å². The summed E-state index contributed by atoms with van der Waals surface area (Å²) in [6, 6.07) is 9.73. The van der Waals surface area contributed by atoms with Gasteiger partial charge >= 0.3 is 5.97 Å². The van der Waals surface area contributed by atoms with Gasteiger partial charge in [0.05, 0.1) is 18.7 Å². The molecule has 1 aromatic carbocycles. The standard InChI is InChI=1S/C24H32N4O3/c1-4-19-9-6-8-18(3)23(19)26-22(29)17-27-12-7-13-28(15-14-27)21-11-10-20(16-25-21)24(30)31-5-2/h6,8-11,16H,4-5,7,12-15,17H2,1-3H3,(H,26,29). The maximum absolute atomic E-state index is 12.7. The van der Waals surface area contributed by atoms with Gasteiger partial charge in [0.15, 0.2) is 0 Å². The Kier molecular flexibility index (Phi) is 8.00. The van der Waals surface area contributed by atoms with Crippen LogP contribution in [-0.2, 0) is 16.0 Å². The molecule has 1 amide bonds. The Balaban J connectivity index is 1.55. The summed E-state index contributed by atoms with van der Waals surface area (Å²) in [6.07, 6.45) is 3.40. The van der Waals surface area contributed by atoms with Crippen LogP contribution in [-0.4, -0.2) is 61.1 Å². The fraction of sp³-hybridized carbons (Fsp3) is 0.458. The first-order chi connectivity index (χ1) is 15.0. The molecule has 0 unspecified atom stereocenters. The molecule has 0 spiro atoms. The van der Waals surface area contributed by atoms with E-state index in [1.165, 1.54) is 0 Å². The van der Waals surface area contributed by atoms with Gasteiger partial charge < -0.3 is 15.0 Å². The van der Waals surface area contributed by atoms with E-state index in [1.54, 1.807) is 19.2 Å². The van der Waals surface area contributed by atoms with Crippen molar-refractivity contribution in [2.45, 2.75) is 33.6 Å². The quantitative estimate of drug-likeness (QED) is 0.688. The molecule has 166 valence electrons. The van der Waals surface area contributed by atoms with Crippen LogP contribution in [0.15, 0.2) is 36.5 Å². The van der Waals surface area contributed by atoms with Crippen LogP contribution >= 0.6 is 0 Å². The zero-order valence-electron chi connectivity index (χ0n) is 18.7. The van der Waals surface area contributed by atoms with E-state index in [2.05, 4.69) is 33.1 Å². The van der Waals surface area contributed by atoms with Crippen molar-refractivity contribution in [3.05, 3.63) is 53.2 Å². The van der Waals surface area contributed by atoms with Crippen LogP contribution in [0.25, 0.3) is 0 Å². The number of hydrogen-bond acceptors (Lipinski definition) is 6. The monoisotopic (exact) mass is 424 g/mol. The van der Waals surface area contributed by atoms with Crippen molar-refractivity contribution in [3.8, 4) is 0 Å². The van der Waals surface area contributed by atoms with Crippen LogP contribution < -0.4 is 10.2 Å². The van der Waals surface area contributed by atoms with Gasteiger partial charge in [0.1, 0.15) is 5.82 Å². The van der Waals surface area contributed by atoms with Crippen LogP contribution in [0, 0.1) is 6.92 Å². The Bertz CT molecular complexity index is 898. The van der Waals surface area contributed by atoms with Gasteiger partial charge in [-0.05, 0) is 49.9 Å². The van der Waals surface area contributed by atoms with Gasteiger partial charge in [0.25, 0.3) is 0 Å². The SMILES string of the molecule is CCOC(=O)c1ccc(N2CCCN(CC(=O)Nc3c(C)cccc3CC)CC2)nc1. The van der Waals surface area contributed by atoms with Gasteiger partial charge in [-0.25, -0.2) is 9.78 Å². The summed E-state index contributed by atoms with van der Waals surface area (Å²) in [5.74, 6) is 0.510. The number of esters is 1. The predicted molar refractivity (Wildman–Crippen MR) is 123 cm³/mol. The second-order valence-corrected chi connectivity index (χ2v) is 7.75. The third kappa shape index (κ3) is 6.04. The Morgan fingerprint density at radius 2 is 1.94 bits per heavy atom. The highest BCUT2D eigenvalue weighted by Gasteiger charge is 2.19. The van der Waals surface area contributed by atoms with Crippen molar-refractivity contribution in [2.75, 3.05) is 49.5 Å². The topological polar surface area (TPSA) is 74.8 Å². The lowest BCUT2D eigenvalue weighted by Crippen LogP contribution is -2.36. The first-order valence-electron chi connectivity index (χ1n) is 11.0. The van der Waals surface area contributed by atoms with Crippen LogP contribution in [0.3, 0.4) is 0 Å². The number of nitrogens with one attached hydrogen (secondary N) is 1. The molecule has 3 rings (SSSR count). The molecular weight excluding hydrogens is 392 g/mol. The van der Waals surface area contributed by atoms with Crippen LogP contribution in [0.1, 0.15) is 41.8 Å².